The van der Waals surface area contributed by atoms with Crippen molar-refractivity contribution in [3.8, 4) is 12.1 Å². The van der Waals surface area contributed by atoms with Crippen LogP contribution in [0.3, 0.4) is 0 Å². The zero-order valence-electron chi connectivity index (χ0n) is 10.6. The van der Waals surface area contributed by atoms with Gasteiger partial charge in [0.05, 0.1) is 0 Å². The Bertz CT molecular complexity index is 548. The van der Waals surface area contributed by atoms with Gasteiger partial charge in [0.1, 0.15) is 17.7 Å². The molecule has 19 heavy (non-hydrogen) atoms. The zero-order valence-corrected chi connectivity index (χ0v) is 10.6. The Labute approximate surface area is 112 Å². The van der Waals surface area contributed by atoms with Gasteiger partial charge in [0.15, 0.2) is 0 Å². The number of amides is 1. The Hall–Kier alpha value is -2.79. The van der Waals surface area contributed by atoms with E-state index in [2.05, 4.69) is 10.6 Å². The van der Waals surface area contributed by atoms with Gasteiger partial charge in [0.2, 0.25) is 5.91 Å². The fourth-order valence-electron chi connectivity index (χ4n) is 1.44. The lowest BCUT2D eigenvalue weighted by Crippen LogP contribution is -2.17. The molecule has 0 saturated carbocycles. The lowest BCUT2D eigenvalue weighted by Gasteiger charge is -2.05. The van der Waals surface area contributed by atoms with E-state index in [0.717, 1.165) is 11.3 Å². The lowest BCUT2D eigenvalue weighted by atomic mass is 10.1. The highest BCUT2D eigenvalue weighted by Crippen LogP contribution is 2.12. The third-order valence-corrected chi connectivity index (χ3v) is 2.47. The van der Waals surface area contributed by atoms with E-state index in [1.165, 1.54) is 6.20 Å². The van der Waals surface area contributed by atoms with Crippen molar-refractivity contribution in [1.82, 2.24) is 5.32 Å². The Morgan fingerprint density at radius 1 is 1.37 bits per heavy atom. The molecule has 0 bridgehead atoms. The molecular weight excluding hydrogens is 240 g/mol. The summed E-state index contributed by atoms with van der Waals surface area (Å²) >= 11 is 0. The predicted octanol–water partition coefficient (Wildman–Crippen LogP) is 1.71. The van der Waals surface area contributed by atoms with Gasteiger partial charge in [0.25, 0.3) is 0 Å². The molecule has 2 N–H and O–H groups in total. The molecule has 96 valence electrons. The van der Waals surface area contributed by atoms with E-state index in [0.29, 0.717) is 12.8 Å². The number of anilines is 1. The van der Waals surface area contributed by atoms with Crippen LogP contribution in [0.15, 0.2) is 36.0 Å². The molecule has 0 aliphatic carbocycles. The molecule has 0 atom stereocenters. The molecule has 0 aliphatic rings. The second-order valence-corrected chi connectivity index (χ2v) is 3.80. The van der Waals surface area contributed by atoms with E-state index in [4.69, 9.17) is 10.5 Å². The van der Waals surface area contributed by atoms with Crippen molar-refractivity contribution in [2.75, 3.05) is 12.4 Å². The van der Waals surface area contributed by atoms with Gasteiger partial charge in [-0.1, -0.05) is 12.1 Å². The largest absolute Gasteiger partial charge is 0.360 e. The third-order valence-electron chi connectivity index (χ3n) is 2.47. The number of hydrogen-bond donors (Lipinski definition) is 2. The van der Waals surface area contributed by atoms with Gasteiger partial charge in [-0.15, -0.1) is 0 Å². The minimum absolute atomic E-state index is 0.00509. The molecular formula is C14H14N4O. The maximum atomic E-state index is 11.2. The lowest BCUT2D eigenvalue weighted by molar-refractivity contribution is -0.120. The van der Waals surface area contributed by atoms with Crippen LogP contribution in [0, 0.1) is 22.7 Å². The Morgan fingerprint density at radius 2 is 2.11 bits per heavy atom. The maximum Gasteiger partial charge on any atom is 0.220 e. The molecule has 0 aromatic heterocycles. The molecule has 1 amide bonds. The SMILES string of the molecule is CNC(=O)CCc1cccc(NC=C(C#N)C#N)c1. The number of carbonyl (C=O) groups is 1. The molecule has 0 spiro atoms. The second kappa shape index (κ2) is 7.52. The van der Waals surface area contributed by atoms with Crippen molar-refractivity contribution in [2.24, 2.45) is 0 Å². The number of nitriles is 2. The van der Waals surface area contributed by atoms with Crippen molar-refractivity contribution < 1.29 is 4.79 Å². The van der Waals surface area contributed by atoms with Gasteiger partial charge >= 0.3 is 0 Å². The first-order chi connectivity index (χ1) is 9.19. The van der Waals surface area contributed by atoms with Crippen molar-refractivity contribution in [1.29, 1.82) is 10.5 Å². The zero-order chi connectivity index (χ0) is 14.1. The quantitative estimate of drug-likeness (QED) is 0.783. The van der Waals surface area contributed by atoms with Crippen molar-refractivity contribution in [3.63, 3.8) is 0 Å². The van der Waals surface area contributed by atoms with Crippen LogP contribution < -0.4 is 10.6 Å². The highest BCUT2D eigenvalue weighted by Gasteiger charge is 2.00. The topological polar surface area (TPSA) is 88.7 Å². The summed E-state index contributed by atoms with van der Waals surface area (Å²) in [6.07, 6.45) is 2.43. The maximum absolute atomic E-state index is 11.2. The van der Waals surface area contributed by atoms with Crippen molar-refractivity contribution in [3.05, 3.63) is 41.6 Å². The van der Waals surface area contributed by atoms with Gasteiger partial charge in [0, 0.05) is 25.4 Å². The number of hydrogen-bond acceptors (Lipinski definition) is 4. The van der Waals surface area contributed by atoms with E-state index >= 15 is 0 Å². The molecule has 1 aromatic carbocycles. The average Bonchev–Trinajstić information content (AvgIpc) is 2.46. The van der Waals surface area contributed by atoms with Gasteiger partial charge in [-0.3, -0.25) is 4.79 Å². The van der Waals surface area contributed by atoms with Crippen molar-refractivity contribution >= 4 is 11.6 Å². The second-order valence-electron chi connectivity index (χ2n) is 3.80. The molecule has 0 saturated heterocycles. The van der Waals surface area contributed by atoms with Crippen LogP contribution in [0.2, 0.25) is 0 Å². The minimum Gasteiger partial charge on any atom is -0.360 e. The molecule has 1 rings (SSSR count). The van der Waals surface area contributed by atoms with E-state index in [1.807, 2.05) is 24.3 Å². The molecule has 0 radical (unpaired) electrons. The van der Waals surface area contributed by atoms with Crippen molar-refractivity contribution in [2.45, 2.75) is 12.8 Å². The molecule has 0 heterocycles. The number of benzene rings is 1. The number of carbonyl (C=O) groups excluding carboxylic acids is 1. The summed E-state index contributed by atoms with van der Waals surface area (Å²) < 4.78 is 0. The number of aryl methyl sites for hydroxylation is 1. The fraction of sp³-hybridized carbons (Fsp3) is 0.214. The first-order valence-electron chi connectivity index (χ1n) is 5.76. The average molecular weight is 254 g/mol. The first-order valence-corrected chi connectivity index (χ1v) is 5.76. The minimum atomic E-state index is -0.00509. The van der Waals surface area contributed by atoms with Crippen LogP contribution in [0.1, 0.15) is 12.0 Å². The summed E-state index contributed by atoms with van der Waals surface area (Å²) in [6.45, 7) is 0. The predicted molar refractivity (Wildman–Crippen MR) is 71.8 cm³/mol. The van der Waals surface area contributed by atoms with E-state index in [1.54, 1.807) is 19.2 Å². The van der Waals surface area contributed by atoms with Crippen LogP contribution in [0.5, 0.6) is 0 Å². The molecule has 0 unspecified atom stereocenters. The summed E-state index contributed by atoms with van der Waals surface area (Å²) in [6, 6.07) is 11.0. The fourth-order valence-corrected chi connectivity index (χ4v) is 1.44. The first kappa shape index (κ1) is 14.3. The summed E-state index contributed by atoms with van der Waals surface area (Å²) in [5, 5.41) is 22.7. The summed E-state index contributed by atoms with van der Waals surface area (Å²) in [7, 11) is 1.61. The van der Waals surface area contributed by atoms with Crippen LogP contribution in [-0.4, -0.2) is 13.0 Å². The Morgan fingerprint density at radius 3 is 2.74 bits per heavy atom. The van der Waals surface area contributed by atoms with Crippen LogP contribution >= 0.6 is 0 Å². The molecule has 0 fully saturated rings. The Kier molecular flexibility index (Phi) is 5.65. The Balaban J connectivity index is 2.68. The summed E-state index contributed by atoms with van der Waals surface area (Å²) in [4.78, 5) is 11.2. The molecule has 0 aliphatic heterocycles. The van der Waals surface area contributed by atoms with Gasteiger partial charge in [-0.2, -0.15) is 10.5 Å². The van der Waals surface area contributed by atoms with Crippen LogP contribution in [0.4, 0.5) is 5.69 Å². The summed E-state index contributed by atoms with van der Waals surface area (Å²) in [5.74, 6) is -0.00509. The van der Waals surface area contributed by atoms with Crippen LogP contribution in [-0.2, 0) is 11.2 Å². The van der Waals surface area contributed by atoms with E-state index in [9.17, 15) is 4.79 Å². The van der Waals surface area contributed by atoms with Gasteiger partial charge < -0.3 is 10.6 Å². The van der Waals surface area contributed by atoms with E-state index in [-0.39, 0.29) is 11.5 Å². The van der Waals surface area contributed by atoms with Gasteiger partial charge in [-0.25, -0.2) is 0 Å². The number of nitrogens with zero attached hydrogens (tertiary/aromatic N) is 2. The van der Waals surface area contributed by atoms with Crippen LogP contribution in [0.25, 0.3) is 0 Å². The standard InChI is InChI=1S/C14H14N4O/c1-17-14(19)6-5-11-3-2-4-13(7-11)18-10-12(8-15)9-16/h2-4,7,10,18H,5-6H2,1H3,(H,17,19). The number of rotatable bonds is 5. The number of allylic oxidation sites excluding steroid dienone is 1. The molecule has 5 nitrogen and oxygen atoms in total. The molecule has 1 aromatic rings. The highest BCUT2D eigenvalue weighted by molar-refractivity contribution is 5.75. The highest BCUT2D eigenvalue weighted by atomic mass is 16.1. The smallest absolute Gasteiger partial charge is 0.220 e. The number of nitrogens with one attached hydrogen (secondary N) is 2. The monoisotopic (exact) mass is 254 g/mol. The van der Waals surface area contributed by atoms with Gasteiger partial charge in [-0.05, 0) is 24.1 Å². The van der Waals surface area contributed by atoms with E-state index < -0.39 is 0 Å². The molecule has 5 heteroatoms. The normalized spacial score (nSPS) is 8.79. The summed E-state index contributed by atoms with van der Waals surface area (Å²) in [5.41, 5.74) is 1.80. The third kappa shape index (κ3) is 4.93.